The molecule has 0 bridgehead atoms. The van der Waals surface area contributed by atoms with Gasteiger partial charge < -0.3 is 14.6 Å². The van der Waals surface area contributed by atoms with Crippen LogP contribution in [0.3, 0.4) is 0 Å². The summed E-state index contributed by atoms with van der Waals surface area (Å²) in [6, 6.07) is 8.82. The summed E-state index contributed by atoms with van der Waals surface area (Å²) in [5.41, 5.74) is 1.27. The van der Waals surface area contributed by atoms with E-state index in [1.54, 1.807) is 25.1 Å². The minimum Gasteiger partial charge on any atom is -0.492 e. The Bertz CT molecular complexity index is 549. The van der Waals surface area contributed by atoms with Gasteiger partial charge in [-0.1, -0.05) is 17.3 Å². The molecule has 0 saturated heterocycles. The molecule has 0 fully saturated rings. The number of hydrogen-bond acceptors (Lipinski definition) is 4. The molecule has 1 aromatic heterocycles. The van der Waals surface area contributed by atoms with Gasteiger partial charge >= 0.3 is 0 Å². The molecule has 0 unspecified atom stereocenters. The molecule has 2 rings (SSSR count). The summed E-state index contributed by atoms with van der Waals surface area (Å²) in [6.07, 6.45) is 0. The fourth-order valence-corrected chi connectivity index (χ4v) is 1.51. The normalized spacial score (nSPS) is 10.1. The largest absolute Gasteiger partial charge is 0.492 e. The van der Waals surface area contributed by atoms with Crippen molar-refractivity contribution in [3.8, 4) is 5.75 Å². The number of carbonyl (C=O) groups excluding carboxylic acids is 1. The Hall–Kier alpha value is -2.30. The van der Waals surface area contributed by atoms with Crippen molar-refractivity contribution in [1.29, 1.82) is 0 Å². The van der Waals surface area contributed by atoms with Gasteiger partial charge in [0.25, 0.3) is 5.91 Å². The van der Waals surface area contributed by atoms with Crippen molar-refractivity contribution < 1.29 is 14.1 Å². The molecule has 5 heteroatoms. The third-order valence-corrected chi connectivity index (χ3v) is 2.29. The van der Waals surface area contributed by atoms with Crippen LogP contribution in [0.1, 0.15) is 23.2 Å². The highest BCUT2D eigenvalue weighted by molar-refractivity contribution is 6.03. The van der Waals surface area contributed by atoms with Crippen LogP contribution in [0.15, 0.2) is 34.9 Å². The van der Waals surface area contributed by atoms with Gasteiger partial charge in [-0.15, -0.1) is 0 Å². The summed E-state index contributed by atoms with van der Waals surface area (Å²) < 4.78 is 10.3. The lowest BCUT2D eigenvalue weighted by molar-refractivity contribution is 0.0987. The molecule has 0 aliphatic rings. The van der Waals surface area contributed by atoms with Crippen LogP contribution in [0.4, 0.5) is 5.69 Å². The summed E-state index contributed by atoms with van der Waals surface area (Å²) in [7, 11) is 0. The Labute approximate surface area is 105 Å². The molecular weight excluding hydrogens is 232 g/mol. The van der Waals surface area contributed by atoms with Crippen molar-refractivity contribution in [1.82, 2.24) is 5.16 Å². The zero-order valence-electron chi connectivity index (χ0n) is 10.3. The number of anilines is 1. The lowest BCUT2D eigenvalue weighted by Gasteiger charge is -2.09. The molecule has 0 atom stereocenters. The first-order valence-electron chi connectivity index (χ1n) is 5.67. The van der Waals surface area contributed by atoms with Crippen molar-refractivity contribution in [2.45, 2.75) is 13.8 Å². The highest BCUT2D eigenvalue weighted by Gasteiger charge is 2.13. The quantitative estimate of drug-likeness (QED) is 0.900. The molecule has 0 spiro atoms. The molecule has 1 N–H and O–H groups in total. The van der Waals surface area contributed by atoms with Crippen molar-refractivity contribution in [3.05, 3.63) is 41.8 Å². The van der Waals surface area contributed by atoms with Gasteiger partial charge in [-0.25, -0.2) is 0 Å². The maximum Gasteiger partial charge on any atom is 0.294 e. The standard InChI is InChI=1S/C13H14N2O3/c1-3-17-11-7-5-4-6-10(11)14-13(16)12-8-9(2)15-18-12/h4-8H,3H2,1-2H3,(H,14,16). The molecule has 1 aromatic carbocycles. The average molecular weight is 246 g/mol. The van der Waals surface area contributed by atoms with Crippen molar-refractivity contribution in [3.63, 3.8) is 0 Å². The van der Waals surface area contributed by atoms with E-state index in [0.29, 0.717) is 23.7 Å². The number of para-hydroxylation sites is 2. The van der Waals surface area contributed by atoms with E-state index in [0.717, 1.165) is 0 Å². The molecule has 0 radical (unpaired) electrons. The van der Waals surface area contributed by atoms with Gasteiger partial charge in [-0.3, -0.25) is 4.79 Å². The maximum atomic E-state index is 11.9. The minimum absolute atomic E-state index is 0.179. The summed E-state index contributed by atoms with van der Waals surface area (Å²) in [4.78, 5) is 11.9. The van der Waals surface area contributed by atoms with Crippen molar-refractivity contribution >= 4 is 11.6 Å². The second kappa shape index (κ2) is 5.35. The number of nitrogens with one attached hydrogen (secondary N) is 1. The fourth-order valence-electron chi connectivity index (χ4n) is 1.51. The lowest BCUT2D eigenvalue weighted by Crippen LogP contribution is -2.12. The number of nitrogens with zero attached hydrogens (tertiary/aromatic N) is 1. The topological polar surface area (TPSA) is 64.4 Å². The molecule has 94 valence electrons. The first kappa shape index (κ1) is 12.2. The maximum absolute atomic E-state index is 11.9. The second-order valence-corrected chi connectivity index (χ2v) is 3.72. The molecule has 0 aliphatic heterocycles. The van der Waals surface area contributed by atoms with Crippen molar-refractivity contribution in [2.24, 2.45) is 0 Å². The molecule has 0 aliphatic carbocycles. The van der Waals surface area contributed by atoms with Gasteiger partial charge in [0.05, 0.1) is 18.0 Å². The van der Waals surface area contributed by atoms with Gasteiger partial charge in [0, 0.05) is 6.07 Å². The number of aromatic nitrogens is 1. The third kappa shape index (κ3) is 2.68. The summed E-state index contributed by atoms with van der Waals surface area (Å²) >= 11 is 0. The minimum atomic E-state index is -0.345. The zero-order chi connectivity index (χ0) is 13.0. The summed E-state index contributed by atoms with van der Waals surface area (Å²) in [6.45, 7) is 4.18. The van der Waals surface area contributed by atoms with Gasteiger partial charge in [-0.2, -0.15) is 0 Å². The second-order valence-electron chi connectivity index (χ2n) is 3.72. The van der Waals surface area contributed by atoms with Crippen LogP contribution < -0.4 is 10.1 Å². The third-order valence-electron chi connectivity index (χ3n) is 2.29. The van der Waals surface area contributed by atoms with E-state index in [4.69, 9.17) is 9.26 Å². The van der Waals surface area contributed by atoms with Gasteiger partial charge in [0.2, 0.25) is 5.76 Å². The van der Waals surface area contributed by atoms with Crippen LogP contribution in [0.25, 0.3) is 0 Å². The van der Waals surface area contributed by atoms with E-state index in [2.05, 4.69) is 10.5 Å². The van der Waals surface area contributed by atoms with Gasteiger partial charge in [-0.05, 0) is 26.0 Å². The number of carbonyl (C=O) groups is 1. The number of aryl methyl sites for hydroxylation is 1. The summed E-state index contributed by atoms with van der Waals surface area (Å²) in [5, 5.41) is 6.40. The molecule has 2 aromatic rings. The van der Waals surface area contributed by atoms with Gasteiger partial charge in [0.1, 0.15) is 5.75 Å². The highest BCUT2D eigenvalue weighted by atomic mass is 16.5. The molecule has 1 heterocycles. The number of ether oxygens (including phenoxy) is 1. The Kier molecular flexibility index (Phi) is 3.62. The van der Waals surface area contributed by atoms with Gasteiger partial charge in [0.15, 0.2) is 0 Å². The predicted molar refractivity (Wildman–Crippen MR) is 66.8 cm³/mol. The van der Waals surface area contributed by atoms with E-state index in [1.807, 2.05) is 19.1 Å². The first-order chi connectivity index (χ1) is 8.70. The Morgan fingerprint density at radius 2 is 2.22 bits per heavy atom. The zero-order valence-corrected chi connectivity index (χ0v) is 10.3. The molecule has 5 nitrogen and oxygen atoms in total. The predicted octanol–water partition coefficient (Wildman–Crippen LogP) is 2.63. The Balaban J connectivity index is 2.16. The SMILES string of the molecule is CCOc1ccccc1NC(=O)c1cc(C)no1. The number of hydrogen-bond donors (Lipinski definition) is 1. The average Bonchev–Trinajstić information content (AvgIpc) is 2.79. The van der Waals surface area contributed by atoms with E-state index in [1.165, 1.54) is 0 Å². The van der Waals surface area contributed by atoms with E-state index >= 15 is 0 Å². The van der Waals surface area contributed by atoms with Crippen LogP contribution in [0.2, 0.25) is 0 Å². The van der Waals surface area contributed by atoms with E-state index in [9.17, 15) is 4.79 Å². The van der Waals surface area contributed by atoms with E-state index in [-0.39, 0.29) is 11.7 Å². The van der Waals surface area contributed by atoms with Crippen LogP contribution in [-0.4, -0.2) is 17.7 Å². The Morgan fingerprint density at radius 3 is 2.89 bits per heavy atom. The monoisotopic (exact) mass is 246 g/mol. The van der Waals surface area contributed by atoms with E-state index < -0.39 is 0 Å². The lowest BCUT2D eigenvalue weighted by atomic mass is 10.2. The molecule has 0 saturated carbocycles. The van der Waals surface area contributed by atoms with Crippen molar-refractivity contribution in [2.75, 3.05) is 11.9 Å². The number of amides is 1. The van der Waals surface area contributed by atoms with Crippen LogP contribution >= 0.6 is 0 Å². The Morgan fingerprint density at radius 1 is 1.44 bits per heavy atom. The van der Waals surface area contributed by atoms with Crippen LogP contribution in [-0.2, 0) is 0 Å². The number of rotatable bonds is 4. The van der Waals surface area contributed by atoms with Crippen LogP contribution in [0, 0.1) is 6.92 Å². The summed E-state index contributed by atoms with van der Waals surface area (Å²) in [5.74, 6) is 0.464. The fraction of sp³-hybridized carbons (Fsp3) is 0.231. The van der Waals surface area contributed by atoms with Crippen LogP contribution in [0.5, 0.6) is 5.75 Å². The molecule has 18 heavy (non-hydrogen) atoms. The first-order valence-corrected chi connectivity index (χ1v) is 5.67. The molecule has 1 amide bonds. The molecular formula is C13H14N2O3. The number of benzene rings is 1. The smallest absolute Gasteiger partial charge is 0.294 e. The highest BCUT2D eigenvalue weighted by Crippen LogP contribution is 2.24.